The van der Waals surface area contributed by atoms with Gasteiger partial charge in [0, 0.05) is 5.92 Å². The number of halogens is 1. The van der Waals surface area contributed by atoms with E-state index in [1.807, 2.05) is 0 Å². The van der Waals surface area contributed by atoms with Gasteiger partial charge >= 0.3 is 6.72 Å². The van der Waals surface area contributed by atoms with Gasteiger partial charge in [-0.1, -0.05) is 0 Å². The second-order valence-corrected chi connectivity index (χ2v) is 15.2. The normalized spacial score (nSPS) is 38.2. The maximum absolute atomic E-state index is 16.2. The number of hydrogen-bond donors (Lipinski definition) is 5. The maximum atomic E-state index is 16.2. The number of aromatic amines is 1. The van der Waals surface area contributed by atoms with Crippen LogP contribution in [-0.2, 0) is 43.9 Å². The average molecular weight is 710 g/mol. The van der Waals surface area contributed by atoms with Gasteiger partial charge in [0.2, 0.25) is 5.95 Å². The van der Waals surface area contributed by atoms with Gasteiger partial charge in [-0.2, -0.15) is 4.98 Å². The van der Waals surface area contributed by atoms with Gasteiger partial charge in [-0.05, 0) is 11.8 Å². The molecule has 7 rings (SSSR count). The lowest BCUT2D eigenvalue weighted by Crippen LogP contribution is -2.48. The zero-order valence-corrected chi connectivity index (χ0v) is 26.3. The molecule has 0 aromatic carbocycles. The highest BCUT2D eigenvalue weighted by Gasteiger charge is 2.57. The summed E-state index contributed by atoms with van der Waals surface area (Å²) < 4.78 is 66.3. The van der Waals surface area contributed by atoms with Crippen LogP contribution in [0.25, 0.3) is 22.3 Å². The molecule has 9 unspecified atom stereocenters. The number of fused-ring (bicyclic) bond motifs is 5. The van der Waals surface area contributed by atoms with Crippen molar-refractivity contribution in [3.8, 4) is 0 Å². The van der Waals surface area contributed by atoms with Crippen molar-refractivity contribution in [1.29, 1.82) is 0 Å². The Kier molecular flexibility index (Phi) is 8.08. The van der Waals surface area contributed by atoms with E-state index >= 15 is 4.39 Å². The Morgan fingerprint density at radius 3 is 2.62 bits per heavy atom. The molecule has 3 aliphatic rings. The topological polar surface area (TPSA) is 272 Å². The van der Waals surface area contributed by atoms with Crippen molar-refractivity contribution < 1.29 is 46.5 Å². The lowest BCUT2D eigenvalue weighted by molar-refractivity contribution is -0.0763. The number of ether oxygens (including phenoxy) is 2. The molecule has 0 spiro atoms. The number of aliphatic hydroxyl groups excluding tert-OH is 1. The molecule has 247 valence electrons. The number of hydrogen-bond acceptors (Lipinski definition) is 17. The predicted molar refractivity (Wildman–Crippen MR) is 162 cm³/mol. The Morgan fingerprint density at radius 2 is 1.87 bits per heavy atom. The molecule has 0 saturated carbocycles. The fourth-order valence-corrected chi connectivity index (χ4v) is 8.16. The highest BCUT2D eigenvalue weighted by atomic mass is 32.5. The minimum absolute atomic E-state index is 0.0100. The van der Waals surface area contributed by atoms with Crippen molar-refractivity contribution in [2.45, 2.75) is 42.4 Å². The number of imidazole rings is 2. The molecule has 7 heterocycles. The summed E-state index contributed by atoms with van der Waals surface area (Å²) in [6.07, 6.45) is -6.05. The third-order valence-corrected chi connectivity index (χ3v) is 10.4. The highest BCUT2D eigenvalue weighted by molar-refractivity contribution is 8.07. The summed E-state index contributed by atoms with van der Waals surface area (Å²) in [5, 5.41) is 10.3. The maximum Gasteiger partial charge on any atom is 0.325 e. The van der Waals surface area contributed by atoms with Crippen LogP contribution in [0, 0.1) is 5.92 Å². The van der Waals surface area contributed by atoms with Crippen LogP contribution in [0.3, 0.4) is 0 Å². The van der Waals surface area contributed by atoms with E-state index < -0.39 is 87.9 Å². The van der Waals surface area contributed by atoms with Crippen LogP contribution in [0.5, 0.6) is 0 Å². The van der Waals surface area contributed by atoms with Crippen LogP contribution >= 0.6 is 14.2 Å². The SMILES string of the molecule is [B]C12COP(O)(=S)OC3C(CO)C(CO[P@]([B-])(=O)OC1C(F)C(n1cnc4c(N)ncnc41)O2)OC3n1cnc2c(=O)[nH]c(N)nc21. The standard InChI is InChI=1S/C21H23B2FN10O10P2S/c22-21-3-40-46(38,47)43-12-7(1-35)8(41-19(12)34-6-30-11-16(34)31-20(26)32-17(11)36)2-39-45(23,37)44-13(21)9(24)18(42-21)33-5-29-10-14(25)27-4-28-15(10)33/h4-9,12-13,18-19,35H,1-3H2,(H,38,47)(H2,25,27,28)(H3,26,31,32,36)/q-1/t7?,8?,9?,12?,13?,18?,19?,21?,45-,46?/m0/s1. The number of aliphatic hydroxyl groups is 1. The molecule has 3 aliphatic heterocycles. The number of rotatable bonds is 3. The van der Waals surface area contributed by atoms with E-state index in [0.717, 1.165) is 10.9 Å². The Morgan fingerprint density at radius 1 is 1.15 bits per heavy atom. The average Bonchev–Trinajstić information content (AvgIpc) is 3.75. The van der Waals surface area contributed by atoms with Crippen molar-refractivity contribution in [3.63, 3.8) is 0 Å². The van der Waals surface area contributed by atoms with Crippen LogP contribution < -0.4 is 17.0 Å². The monoisotopic (exact) mass is 710 g/mol. The molecule has 4 aromatic heterocycles. The summed E-state index contributed by atoms with van der Waals surface area (Å²) in [4.78, 5) is 46.1. The van der Waals surface area contributed by atoms with E-state index in [1.165, 1.54) is 17.2 Å². The zero-order valence-electron chi connectivity index (χ0n) is 23.7. The Balaban J connectivity index is 1.24. The van der Waals surface area contributed by atoms with Gasteiger partial charge in [0.05, 0.1) is 51.6 Å². The Hall–Kier alpha value is -2.88. The van der Waals surface area contributed by atoms with Crippen molar-refractivity contribution >= 4 is 75.5 Å². The van der Waals surface area contributed by atoms with Gasteiger partial charge in [-0.15, -0.1) is 0 Å². The summed E-state index contributed by atoms with van der Waals surface area (Å²) in [5.41, 5.74) is 8.67. The zero-order chi connectivity index (χ0) is 33.5. The molecular weight excluding hydrogens is 687 g/mol. The lowest BCUT2D eigenvalue weighted by Gasteiger charge is -2.37. The molecule has 47 heavy (non-hydrogen) atoms. The van der Waals surface area contributed by atoms with Crippen LogP contribution in [0.2, 0.25) is 0 Å². The molecular formula is C21H23B2FN10O10P2S-. The van der Waals surface area contributed by atoms with Gasteiger partial charge in [-0.25, -0.2) is 24.3 Å². The van der Waals surface area contributed by atoms with Crippen LogP contribution in [0.4, 0.5) is 16.2 Å². The molecule has 2 bridgehead atoms. The predicted octanol–water partition coefficient (Wildman–Crippen LogP) is -1.33. The molecule has 5 radical (unpaired) electrons. The third kappa shape index (κ3) is 5.70. The van der Waals surface area contributed by atoms with Gasteiger partial charge in [-0.3, -0.25) is 18.9 Å². The van der Waals surface area contributed by atoms with Gasteiger partial charge in [0.15, 0.2) is 41.3 Å². The molecule has 26 heteroatoms. The Labute approximate surface area is 269 Å². The first-order valence-electron chi connectivity index (χ1n) is 13.6. The largest absolute Gasteiger partial charge is 0.444 e. The fourth-order valence-electron chi connectivity index (χ4n) is 5.69. The van der Waals surface area contributed by atoms with Gasteiger partial charge in [0.1, 0.15) is 31.9 Å². The van der Waals surface area contributed by atoms with Crippen LogP contribution in [-0.4, -0.2) is 114 Å². The van der Waals surface area contributed by atoms with Gasteiger partial charge in [0.25, 0.3) is 5.56 Å². The molecule has 10 atom stereocenters. The van der Waals surface area contributed by atoms with E-state index in [2.05, 4.69) is 29.9 Å². The number of aromatic nitrogens is 8. The quantitative estimate of drug-likeness (QED) is 0.122. The minimum atomic E-state index is -4.70. The molecule has 7 N–H and O–H groups in total. The molecule has 0 aliphatic carbocycles. The summed E-state index contributed by atoms with van der Waals surface area (Å²) in [7, 11) is 7.66. The lowest BCUT2D eigenvalue weighted by atomic mass is 9.77. The second kappa shape index (κ2) is 11.6. The van der Waals surface area contributed by atoms with E-state index in [9.17, 15) is 19.4 Å². The summed E-state index contributed by atoms with van der Waals surface area (Å²) in [6.45, 7) is -6.52. The molecule has 3 fully saturated rings. The first-order chi connectivity index (χ1) is 22.2. The first-order valence-corrected chi connectivity index (χ1v) is 17.8. The van der Waals surface area contributed by atoms with E-state index in [0.29, 0.717) is 0 Å². The molecule has 4 aromatic rings. The number of nitrogens with zero attached hydrogens (tertiary/aromatic N) is 7. The molecule has 0 amide bonds. The molecule has 3 saturated heterocycles. The number of nitrogens with one attached hydrogen (secondary N) is 1. The van der Waals surface area contributed by atoms with Crippen molar-refractivity contribution in [2.24, 2.45) is 5.92 Å². The summed E-state index contributed by atoms with van der Waals surface area (Å²) in [6, 6.07) is 0. The molecule has 20 nitrogen and oxygen atoms in total. The Bertz CT molecular complexity index is 2030. The number of nitrogens with two attached hydrogens (primary N) is 2. The summed E-state index contributed by atoms with van der Waals surface area (Å²) >= 11 is 5.28. The number of alkyl halides is 1. The van der Waals surface area contributed by atoms with Crippen molar-refractivity contribution in [2.75, 3.05) is 31.3 Å². The minimum Gasteiger partial charge on any atom is -0.444 e. The number of H-pyrrole nitrogens is 1. The first kappa shape index (κ1) is 32.7. The van der Waals surface area contributed by atoms with Crippen LogP contribution in [0.1, 0.15) is 12.5 Å². The van der Waals surface area contributed by atoms with E-state index in [-0.39, 0.29) is 34.1 Å². The fraction of sp³-hybridized carbons (Fsp3) is 0.524. The number of nitrogen functional groups attached to an aromatic ring is 2. The van der Waals surface area contributed by atoms with E-state index in [1.54, 1.807) is 0 Å². The summed E-state index contributed by atoms with van der Waals surface area (Å²) in [5.74, 6) is -1.27. The number of anilines is 2. The third-order valence-electron chi connectivity index (χ3n) is 7.86. The second-order valence-electron chi connectivity index (χ2n) is 10.9. The highest BCUT2D eigenvalue weighted by Crippen LogP contribution is 2.56. The smallest absolute Gasteiger partial charge is 0.325 e. The van der Waals surface area contributed by atoms with Crippen molar-refractivity contribution in [1.82, 2.24) is 39.0 Å². The van der Waals surface area contributed by atoms with Crippen LogP contribution in [0.15, 0.2) is 23.8 Å². The van der Waals surface area contributed by atoms with Gasteiger partial charge < -0.3 is 61.2 Å². The van der Waals surface area contributed by atoms with Crippen molar-refractivity contribution in [3.05, 3.63) is 29.3 Å². The van der Waals surface area contributed by atoms with E-state index in [4.69, 9.17) is 66.3 Å².